The summed E-state index contributed by atoms with van der Waals surface area (Å²) < 4.78 is 18.1. The number of nitrogens with zero attached hydrogens (tertiary/aromatic N) is 1. The normalized spacial score (nSPS) is 28.0. The smallest absolute Gasteiger partial charge is 0.344 e. The summed E-state index contributed by atoms with van der Waals surface area (Å²) in [6.45, 7) is 8.77. The molecule has 0 radical (unpaired) electrons. The lowest BCUT2D eigenvalue weighted by Gasteiger charge is -2.51. The van der Waals surface area contributed by atoms with E-state index in [2.05, 4.69) is 5.32 Å². The van der Waals surface area contributed by atoms with E-state index in [1.807, 2.05) is 63.4 Å². The Morgan fingerprint density at radius 2 is 1.90 bits per heavy atom. The maximum absolute atomic E-state index is 14.7. The highest BCUT2D eigenvalue weighted by Crippen LogP contribution is 2.51. The molecule has 9 nitrogen and oxygen atoms in total. The Hall–Kier alpha value is -2.92. The van der Waals surface area contributed by atoms with Gasteiger partial charge in [-0.3, -0.25) is 9.59 Å². The van der Waals surface area contributed by atoms with Crippen molar-refractivity contribution in [2.45, 2.75) is 51.2 Å². The first-order valence-corrected chi connectivity index (χ1v) is 15.2. The number of thioether (sulfide) groups is 1. The van der Waals surface area contributed by atoms with Gasteiger partial charge in [0.05, 0.1) is 6.54 Å². The van der Waals surface area contributed by atoms with Crippen LogP contribution in [0.4, 0.5) is 5.69 Å². The van der Waals surface area contributed by atoms with Crippen molar-refractivity contribution in [3.8, 4) is 11.5 Å². The number of rotatable bonds is 6. The molecule has 41 heavy (non-hydrogen) atoms. The lowest BCUT2D eigenvalue weighted by molar-refractivity contribution is -0.164. The predicted molar refractivity (Wildman–Crippen MR) is 157 cm³/mol. The monoisotopic (exact) mass is 583 g/mol. The van der Waals surface area contributed by atoms with Crippen LogP contribution in [0.15, 0.2) is 41.3 Å². The van der Waals surface area contributed by atoms with Crippen LogP contribution in [-0.4, -0.2) is 74.5 Å². The van der Waals surface area contributed by atoms with E-state index in [0.29, 0.717) is 49.9 Å². The number of piperidine rings is 1. The molecule has 0 aliphatic carbocycles. The first kappa shape index (κ1) is 29.6. The van der Waals surface area contributed by atoms with E-state index < -0.39 is 34.7 Å². The lowest BCUT2D eigenvalue weighted by atomic mass is 9.70. The van der Waals surface area contributed by atoms with Gasteiger partial charge in [0, 0.05) is 47.0 Å². The van der Waals surface area contributed by atoms with Crippen molar-refractivity contribution in [3.63, 3.8) is 0 Å². The van der Waals surface area contributed by atoms with Crippen molar-refractivity contribution < 1.29 is 33.7 Å². The SMILES string of the molecule is CSc1ccc2c(c1)C(c1cccc3c1OCCO3)OCC(=O)[N+]2(CC(C)(C)C)[C@@H]1CCNC[C@@]1(C(C)=O)C(=O)O. The fraction of sp³-hybridized carbons (Fsp3) is 0.516. The van der Waals surface area contributed by atoms with Crippen molar-refractivity contribution in [1.82, 2.24) is 9.80 Å². The number of quaternary nitrogens is 1. The van der Waals surface area contributed by atoms with Crippen molar-refractivity contribution in [2.75, 3.05) is 45.7 Å². The second kappa shape index (κ2) is 11.1. The number of ketones is 1. The van der Waals surface area contributed by atoms with Crippen LogP contribution in [0.3, 0.4) is 0 Å². The van der Waals surface area contributed by atoms with Gasteiger partial charge in [0.15, 0.2) is 29.3 Å². The number of Topliss-reactive ketones (excluding diaryl/α,β-unsaturated/α-hetero) is 1. The van der Waals surface area contributed by atoms with Crippen LogP contribution in [-0.2, 0) is 19.1 Å². The number of carboxylic acid groups (broad SMARTS) is 1. The van der Waals surface area contributed by atoms with Crippen LogP contribution in [0.5, 0.6) is 11.5 Å². The number of para-hydroxylation sites is 1. The van der Waals surface area contributed by atoms with Crippen LogP contribution in [0.1, 0.15) is 51.3 Å². The highest BCUT2D eigenvalue weighted by molar-refractivity contribution is 7.98. The van der Waals surface area contributed by atoms with Crippen LogP contribution < -0.4 is 19.3 Å². The van der Waals surface area contributed by atoms with Crippen LogP contribution in [0.2, 0.25) is 0 Å². The molecular weight excluding hydrogens is 544 g/mol. The van der Waals surface area contributed by atoms with Gasteiger partial charge in [0.1, 0.15) is 31.0 Å². The quantitative estimate of drug-likeness (QED) is 0.294. The molecule has 2 N–H and O–H groups in total. The number of carbonyl (C=O) groups is 3. The standard InChI is InChI=1S/C31H38N2O7S/c1-19(34)31(29(36)37)17-32-12-11-25(31)33(18-30(2,3)4)23-10-9-20(41-5)15-22(23)27(40-16-26(33)35)21-7-6-8-24-28(21)39-14-13-38-24/h6-10,15,25,27,32H,11-14,16-18H2,1-5H3/p+1/t25-,27?,31+,33?/m1/s1. The van der Waals surface area contributed by atoms with Crippen molar-refractivity contribution in [3.05, 3.63) is 47.5 Å². The maximum atomic E-state index is 14.7. The summed E-state index contributed by atoms with van der Waals surface area (Å²) in [6, 6.07) is 10.7. The van der Waals surface area contributed by atoms with Crippen LogP contribution in [0.25, 0.3) is 0 Å². The predicted octanol–water partition coefficient (Wildman–Crippen LogP) is 4.20. The summed E-state index contributed by atoms with van der Waals surface area (Å²) in [5, 5.41) is 13.8. The van der Waals surface area contributed by atoms with Gasteiger partial charge in [0.25, 0.3) is 0 Å². The van der Waals surface area contributed by atoms with E-state index in [1.165, 1.54) is 6.92 Å². The fourth-order valence-corrected chi connectivity index (χ4v) is 7.32. The summed E-state index contributed by atoms with van der Waals surface area (Å²) in [6.07, 6.45) is 1.64. The number of aliphatic carboxylic acids is 1. The average Bonchev–Trinajstić information content (AvgIpc) is 3.05. The second-order valence-corrected chi connectivity index (χ2v) is 13.2. The molecule has 5 rings (SSSR count). The van der Waals surface area contributed by atoms with Crippen molar-refractivity contribution in [2.24, 2.45) is 10.8 Å². The summed E-state index contributed by atoms with van der Waals surface area (Å²) >= 11 is 1.57. The fourth-order valence-electron chi connectivity index (χ4n) is 6.87. The third-order valence-electron chi connectivity index (χ3n) is 8.48. The molecule has 0 bridgehead atoms. The Labute approximate surface area is 245 Å². The van der Waals surface area contributed by atoms with E-state index in [-0.39, 0.29) is 23.5 Å². The first-order chi connectivity index (χ1) is 19.5. The van der Waals surface area contributed by atoms with Crippen molar-refractivity contribution in [1.29, 1.82) is 0 Å². The number of hydrogen-bond acceptors (Lipinski definition) is 8. The highest BCUT2D eigenvalue weighted by Gasteiger charge is 2.65. The third kappa shape index (κ3) is 4.94. The van der Waals surface area contributed by atoms with Gasteiger partial charge in [-0.1, -0.05) is 32.9 Å². The van der Waals surface area contributed by atoms with Crippen molar-refractivity contribution >= 4 is 35.1 Å². The number of benzene rings is 2. The molecule has 220 valence electrons. The molecule has 3 heterocycles. The number of nitrogens with one attached hydrogen (secondary N) is 1. The van der Waals surface area contributed by atoms with E-state index in [4.69, 9.17) is 14.2 Å². The molecule has 0 spiro atoms. The number of carboxylic acids is 1. The molecular formula is C31H39N2O7S+. The summed E-state index contributed by atoms with van der Waals surface area (Å²) in [4.78, 5) is 42.1. The minimum absolute atomic E-state index is 0.0420. The first-order valence-electron chi connectivity index (χ1n) is 14.0. The largest absolute Gasteiger partial charge is 0.486 e. The number of amides is 1. The molecule has 3 aliphatic rings. The molecule has 0 saturated carbocycles. The zero-order valence-corrected chi connectivity index (χ0v) is 25.1. The van der Waals surface area contributed by atoms with Crippen LogP contribution in [0, 0.1) is 10.8 Å². The Balaban J connectivity index is 1.83. The summed E-state index contributed by atoms with van der Waals surface area (Å²) in [5.74, 6) is -0.744. The van der Waals surface area contributed by atoms with E-state index in [0.717, 1.165) is 16.0 Å². The molecule has 2 aromatic rings. The molecule has 1 saturated heterocycles. The number of carbonyl (C=O) groups excluding carboxylic acids is 2. The molecule has 0 aromatic heterocycles. The molecule has 10 heteroatoms. The Bertz CT molecular complexity index is 1360. The Kier molecular flexibility index (Phi) is 7.97. The molecule has 1 fully saturated rings. The zero-order valence-electron chi connectivity index (χ0n) is 24.3. The number of hydrogen-bond donors (Lipinski definition) is 2. The summed E-state index contributed by atoms with van der Waals surface area (Å²) in [5.41, 5.74) is -0.0299. The average molecular weight is 584 g/mol. The molecule has 4 atom stereocenters. The van der Waals surface area contributed by atoms with E-state index in [9.17, 15) is 19.5 Å². The van der Waals surface area contributed by atoms with Gasteiger partial charge >= 0.3 is 11.9 Å². The van der Waals surface area contributed by atoms with Gasteiger partial charge in [-0.25, -0.2) is 9.28 Å². The Morgan fingerprint density at radius 3 is 2.59 bits per heavy atom. The highest BCUT2D eigenvalue weighted by atomic mass is 32.2. The third-order valence-corrected chi connectivity index (χ3v) is 9.20. The molecule has 3 aliphatic heterocycles. The summed E-state index contributed by atoms with van der Waals surface area (Å²) in [7, 11) is 0. The van der Waals surface area contributed by atoms with Gasteiger partial charge in [-0.15, -0.1) is 11.8 Å². The molecule has 1 amide bonds. The van der Waals surface area contributed by atoms with Gasteiger partial charge < -0.3 is 24.6 Å². The number of fused-ring (bicyclic) bond motifs is 2. The van der Waals surface area contributed by atoms with E-state index >= 15 is 0 Å². The molecule has 2 aromatic carbocycles. The maximum Gasteiger partial charge on any atom is 0.344 e. The topological polar surface area (TPSA) is 111 Å². The zero-order chi connectivity index (χ0) is 29.6. The number of ether oxygens (including phenoxy) is 3. The van der Waals surface area contributed by atoms with E-state index in [1.54, 1.807) is 11.8 Å². The van der Waals surface area contributed by atoms with Crippen LogP contribution >= 0.6 is 11.8 Å². The minimum atomic E-state index is -1.79. The molecule has 2 unspecified atom stereocenters. The van der Waals surface area contributed by atoms with Gasteiger partial charge in [-0.2, -0.15) is 0 Å². The second-order valence-electron chi connectivity index (χ2n) is 12.3. The lowest BCUT2D eigenvalue weighted by Crippen LogP contribution is -2.75. The Morgan fingerprint density at radius 1 is 1.15 bits per heavy atom. The minimum Gasteiger partial charge on any atom is -0.486 e. The van der Waals surface area contributed by atoms with Gasteiger partial charge in [0.2, 0.25) is 0 Å². The van der Waals surface area contributed by atoms with Gasteiger partial charge in [-0.05, 0) is 31.4 Å².